The van der Waals surface area contributed by atoms with Crippen LogP contribution in [0.15, 0.2) is 12.3 Å². The summed E-state index contributed by atoms with van der Waals surface area (Å²) in [5.41, 5.74) is 0. The molecule has 0 aromatic heterocycles. The van der Waals surface area contributed by atoms with Gasteiger partial charge in [0.25, 0.3) is 0 Å². The van der Waals surface area contributed by atoms with Gasteiger partial charge in [-0.3, -0.25) is 0 Å². The summed E-state index contributed by atoms with van der Waals surface area (Å²) in [7, 11) is 0. The van der Waals surface area contributed by atoms with Gasteiger partial charge in [-0.05, 0) is 6.92 Å². The molecule has 0 unspecified atom stereocenters. The predicted octanol–water partition coefficient (Wildman–Crippen LogP) is -2.26. The third-order valence-electron chi connectivity index (χ3n) is 0.497. The molecule has 0 aliphatic heterocycles. The molecule has 0 spiro atoms. The normalized spacial score (nSPS) is 8.56. The zero-order chi connectivity index (χ0) is 6.41. The number of ether oxygens (including phenoxy) is 1. The summed E-state index contributed by atoms with van der Waals surface area (Å²) in [5, 5.41) is 7.98. The summed E-state index contributed by atoms with van der Waals surface area (Å²) < 4.78 is 4.40. The van der Waals surface area contributed by atoms with E-state index >= 15 is 0 Å². The molecule has 0 fully saturated rings. The van der Waals surface area contributed by atoms with Gasteiger partial charge in [0.1, 0.15) is 0 Å². The number of esters is 1. The van der Waals surface area contributed by atoms with Crippen LogP contribution in [0.2, 0.25) is 0 Å². The first-order valence-corrected chi connectivity index (χ1v) is 2.28. The molecule has 0 aromatic rings. The zero-order valence-corrected chi connectivity index (χ0v) is 7.63. The van der Waals surface area contributed by atoms with E-state index in [-0.39, 0.29) is 31.0 Å². The Kier molecular flexibility index (Phi) is 10.5. The van der Waals surface area contributed by atoms with Gasteiger partial charge in [0.05, 0.1) is 18.9 Å². The van der Waals surface area contributed by atoms with Gasteiger partial charge in [-0.1, -0.05) is 0 Å². The Morgan fingerprint density at radius 1 is 1.89 bits per heavy atom. The van der Waals surface area contributed by atoms with Crippen molar-refractivity contribution in [3.63, 3.8) is 0 Å². The molecule has 0 radical (unpaired) electrons. The zero-order valence-electron chi connectivity index (χ0n) is 6.63. The molecule has 0 amide bonds. The van der Waals surface area contributed by atoms with Crippen LogP contribution in [0.5, 0.6) is 0 Å². The topological polar surface area (TPSA) is 46.5 Å². The Bertz CT molecular complexity index is 105. The summed E-state index contributed by atoms with van der Waals surface area (Å²) in [4.78, 5) is 10.2. The second-order valence-corrected chi connectivity index (χ2v) is 1.07. The van der Waals surface area contributed by atoms with E-state index in [0.29, 0.717) is 12.9 Å². The van der Waals surface area contributed by atoms with Gasteiger partial charge in [-0.2, -0.15) is 0 Å². The van der Waals surface area contributed by atoms with Crippen LogP contribution in [0.1, 0.15) is 8.35 Å². The average Bonchev–Trinajstić information content (AvgIpc) is 1.68. The van der Waals surface area contributed by atoms with Gasteiger partial charge in [0, 0.05) is 0 Å². The van der Waals surface area contributed by atoms with Crippen molar-refractivity contribution in [3.8, 4) is 0 Å². The number of aliphatic hydroxyl groups is 1. The van der Waals surface area contributed by atoms with Gasteiger partial charge in [0.2, 0.25) is 0 Å². The first-order valence-electron chi connectivity index (χ1n) is 2.28. The Hall–Kier alpha value is 0.0100. The maximum Gasteiger partial charge on any atom is 1.00 e. The fraction of sp³-hybridized carbons (Fsp3) is 0.400. The van der Waals surface area contributed by atoms with E-state index in [0.717, 1.165) is 6.08 Å². The van der Waals surface area contributed by atoms with Crippen LogP contribution >= 0.6 is 0 Å². The molecule has 9 heavy (non-hydrogen) atoms. The van der Waals surface area contributed by atoms with Crippen LogP contribution in [0, 0.1) is 0 Å². The summed E-state index contributed by atoms with van der Waals surface area (Å²) in [5.74, 6) is -0.519. The number of hydrogen-bond donors (Lipinski definition) is 1. The van der Waals surface area contributed by atoms with Crippen LogP contribution in [-0.4, -0.2) is 17.7 Å². The molecule has 0 aromatic carbocycles. The van der Waals surface area contributed by atoms with Gasteiger partial charge >= 0.3 is 35.5 Å². The summed E-state index contributed by atoms with van der Waals surface area (Å²) in [6.45, 7) is 2.03. The van der Waals surface area contributed by atoms with Crippen LogP contribution in [0.25, 0.3) is 0 Å². The molecule has 0 atom stereocenters. The molecule has 3 nitrogen and oxygen atoms in total. The monoisotopic (exact) mass is 140 g/mol. The number of aliphatic hydroxyl groups excluding tert-OH is 1. The first-order chi connectivity index (χ1) is 3.81. The summed E-state index contributed by atoms with van der Waals surface area (Å²) in [6.07, 6.45) is 1.60. The molecule has 0 heterocycles. The van der Waals surface area contributed by atoms with Crippen LogP contribution in [0.4, 0.5) is 0 Å². The third kappa shape index (κ3) is 8.01. The Labute approximate surface area is 77.5 Å². The van der Waals surface area contributed by atoms with Crippen molar-refractivity contribution in [1.29, 1.82) is 0 Å². The van der Waals surface area contributed by atoms with Crippen molar-refractivity contribution in [1.82, 2.24) is 0 Å². The van der Waals surface area contributed by atoms with Crippen molar-refractivity contribution in [2.24, 2.45) is 0 Å². The van der Waals surface area contributed by atoms with E-state index in [1.54, 1.807) is 6.92 Å². The number of carbonyl (C=O) groups is 1. The molecule has 0 aliphatic carbocycles. The van der Waals surface area contributed by atoms with Gasteiger partial charge in [-0.15, -0.1) is 0 Å². The SMILES string of the molecule is CCOC(=O)/C=C/O.[H-].[Na+]. The van der Waals surface area contributed by atoms with Crippen LogP contribution in [-0.2, 0) is 9.53 Å². The second kappa shape index (κ2) is 8.01. The molecule has 0 saturated heterocycles. The first kappa shape index (κ1) is 11.8. The Morgan fingerprint density at radius 2 is 2.44 bits per heavy atom. The number of rotatable bonds is 2. The standard InChI is InChI=1S/C5H8O3.Na.H/c1-2-8-5(7)3-4-6;;/h3-4,6H,2H2,1H3;;/q;+1;-1/b4-3+;;. The van der Waals surface area contributed by atoms with Crippen molar-refractivity contribution in [3.05, 3.63) is 12.3 Å². The molecule has 0 bridgehead atoms. The molecular weight excluding hydrogens is 131 g/mol. The second-order valence-electron chi connectivity index (χ2n) is 1.07. The van der Waals surface area contributed by atoms with E-state index in [9.17, 15) is 4.79 Å². The molecule has 0 rings (SSSR count). The van der Waals surface area contributed by atoms with Crippen molar-refractivity contribution in [2.45, 2.75) is 6.92 Å². The predicted molar refractivity (Wildman–Crippen MR) is 29.5 cm³/mol. The maximum atomic E-state index is 10.2. The molecular formula is C5H9NaO3. The minimum atomic E-state index is -0.519. The quantitative estimate of drug-likeness (QED) is 0.204. The minimum Gasteiger partial charge on any atom is -1.00 e. The third-order valence-corrected chi connectivity index (χ3v) is 0.497. The minimum absolute atomic E-state index is 0. The molecule has 1 N–H and O–H groups in total. The van der Waals surface area contributed by atoms with E-state index in [2.05, 4.69) is 4.74 Å². The number of carbonyl (C=O) groups excluding carboxylic acids is 1. The van der Waals surface area contributed by atoms with Crippen molar-refractivity contribution in [2.75, 3.05) is 6.61 Å². The Balaban J connectivity index is -0.000000245. The van der Waals surface area contributed by atoms with Gasteiger partial charge in [-0.25, -0.2) is 4.79 Å². The number of hydrogen-bond acceptors (Lipinski definition) is 3. The molecule has 48 valence electrons. The van der Waals surface area contributed by atoms with Gasteiger partial charge in [0.15, 0.2) is 0 Å². The van der Waals surface area contributed by atoms with E-state index in [1.165, 1.54) is 0 Å². The fourth-order valence-corrected chi connectivity index (χ4v) is 0.251. The van der Waals surface area contributed by atoms with E-state index in [1.807, 2.05) is 0 Å². The Morgan fingerprint density at radius 3 is 2.78 bits per heavy atom. The van der Waals surface area contributed by atoms with Crippen molar-refractivity contribution < 1.29 is 45.6 Å². The largest absolute Gasteiger partial charge is 1.00 e. The molecule has 0 aliphatic rings. The summed E-state index contributed by atoms with van der Waals surface area (Å²) in [6, 6.07) is 0. The summed E-state index contributed by atoms with van der Waals surface area (Å²) >= 11 is 0. The average molecular weight is 140 g/mol. The maximum absolute atomic E-state index is 10.2. The van der Waals surface area contributed by atoms with Crippen LogP contribution in [0.3, 0.4) is 0 Å². The van der Waals surface area contributed by atoms with Crippen molar-refractivity contribution >= 4 is 5.97 Å². The molecule has 4 heteroatoms. The smallest absolute Gasteiger partial charge is 1.00 e. The molecule has 0 saturated carbocycles. The van der Waals surface area contributed by atoms with Crippen LogP contribution < -0.4 is 29.6 Å². The van der Waals surface area contributed by atoms with E-state index < -0.39 is 5.97 Å². The van der Waals surface area contributed by atoms with Gasteiger partial charge < -0.3 is 11.3 Å². The fourth-order valence-electron chi connectivity index (χ4n) is 0.251. The van der Waals surface area contributed by atoms with E-state index in [4.69, 9.17) is 5.11 Å².